The maximum Gasteiger partial charge on any atom is 0.336 e. The fraction of sp³-hybridized carbons (Fsp3) is 0.105. The van der Waals surface area contributed by atoms with Crippen LogP contribution >= 0.6 is 23.7 Å². The second-order valence-corrected chi connectivity index (χ2v) is 7.47. The summed E-state index contributed by atoms with van der Waals surface area (Å²) in [6.45, 7) is 1.45. The summed E-state index contributed by atoms with van der Waals surface area (Å²) in [5, 5.41) is 0.767. The Labute approximate surface area is 158 Å². The maximum atomic E-state index is 12.0. The standard InChI is InChI=1S/C19H15NO4S2/c1-12(21)25-11-17(22)13-2-6-16(7-3-13)26-20-15-5-8-18-14(10-15)4-9-19(23)24-18/h2-10,20H,11H2,1H3. The summed E-state index contributed by atoms with van der Waals surface area (Å²) in [5.41, 5.74) is 1.63. The second-order valence-electron chi connectivity index (χ2n) is 5.44. The highest BCUT2D eigenvalue weighted by Crippen LogP contribution is 2.24. The summed E-state index contributed by atoms with van der Waals surface area (Å²) in [4.78, 5) is 35.0. The summed E-state index contributed by atoms with van der Waals surface area (Å²) >= 11 is 2.43. The summed E-state index contributed by atoms with van der Waals surface area (Å²) in [5.74, 6) is 0.0959. The molecule has 0 aliphatic rings. The van der Waals surface area contributed by atoms with Crippen LogP contribution in [0.25, 0.3) is 11.0 Å². The van der Waals surface area contributed by atoms with Gasteiger partial charge in [-0.25, -0.2) is 4.79 Å². The van der Waals surface area contributed by atoms with Crippen molar-refractivity contribution in [1.29, 1.82) is 0 Å². The summed E-state index contributed by atoms with van der Waals surface area (Å²) in [6, 6.07) is 15.8. The van der Waals surface area contributed by atoms with Gasteiger partial charge in [-0.2, -0.15) is 0 Å². The van der Waals surface area contributed by atoms with Gasteiger partial charge in [-0.3, -0.25) is 9.59 Å². The molecule has 0 amide bonds. The first-order chi connectivity index (χ1) is 12.5. The van der Waals surface area contributed by atoms with Crippen LogP contribution in [-0.4, -0.2) is 16.7 Å². The van der Waals surface area contributed by atoms with Crippen LogP contribution < -0.4 is 10.3 Å². The molecule has 0 fully saturated rings. The Kier molecular flexibility index (Phi) is 5.80. The quantitative estimate of drug-likeness (QED) is 0.383. The number of carbonyl (C=O) groups excluding carboxylic acids is 2. The van der Waals surface area contributed by atoms with Crippen LogP contribution in [0.4, 0.5) is 5.69 Å². The van der Waals surface area contributed by atoms with Crippen molar-refractivity contribution in [2.45, 2.75) is 11.8 Å². The Morgan fingerprint density at radius 2 is 1.81 bits per heavy atom. The second kappa shape index (κ2) is 8.25. The minimum Gasteiger partial charge on any atom is -0.423 e. The van der Waals surface area contributed by atoms with E-state index in [1.165, 1.54) is 24.9 Å². The average molecular weight is 385 g/mol. The fourth-order valence-electron chi connectivity index (χ4n) is 2.21. The molecule has 0 aliphatic carbocycles. The van der Waals surface area contributed by atoms with E-state index in [4.69, 9.17) is 4.42 Å². The third kappa shape index (κ3) is 4.77. The van der Waals surface area contributed by atoms with Crippen LogP contribution in [0.3, 0.4) is 0 Å². The first kappa shape index (κ1) is 18.3. The summed E-state index contributed by atoms with van der Waals surface area (Å²) in [7, 11) is 0. The molecule has 0 aliphatic heterocycles. The van der Waals surface area contributed by atoms with E-state index in [1.54, 1.807) is 24.3 Å². The molecule has 0 radical (unpaired) electrons. The molecule has 0 saturated heterocycles. The molecule has 26 heavy (non-hydrogen) atoms. The van der Waals surface area contributed by atoms with Crippen molar-refractivity contribution >= 4 is 51.3 Å². The first-order valence-electron chi connectivity index (χ1n) is 7.75. The number of Topliss-reactive ketones (excluding diaryl/α,β-unsaturated/α-hetero) is 1. The van der Waals surface area contributed by atoms with Crippen molar-refractivity contribution in [2.24, 2.45) is 0 Å². The molecule has 0 saturated carbocycles. The molecule has 0 unspecified atom stereocenters. The van der Waals surface area contributed by atoms with Gasteiger partial charge in [0.1, 0.15) is 5.58 Å². The van der Waals surface area contributed by atoms with E-state index in [9.17, 15) is 14.4 Å². The van der Waals surface area contributed by atoms with Crippen molar-refractivity contribution in [3.05, 3.63) is 70.6 Å². The van der Waals surface area contributed by atoms with Gasteiger partial charge in [0.25, 0.3) is 0 Å². The van der Waals surface area contributed by atoms with Gasteiger partial charge < -0.3 is 9.14 Å². The zero-order chi connectivity index (χ0) is 18.5. The highest BCUT2D eigenvalue weighted by molar-refractivity contribution is 8.14. The van der Waals surface area contributed by atoms with E-state index in [0.717, 1.165) is 27.7 Å². The number of carbonyl (C=O) groups is 2. The molecule has 3 rings (SSSR count). The molecular weight excluding hydrogens is 370 g/mol. The van der Waals surface area contributed by atoms with Crippen molar-refractivity contribution < 1.29 is 14.0 Å². The molecule has 0 bridgehead atoms. The molecule has 5 nitrogen and oxygen atoms in total. The van der Waals surface area contributed by atoms with Crippen molar-refractivity contribution in [1.82, 2.24) is 0 Å². The number of anilines is 1. The van der Waals surface area contributed by atoms with E-state index in [0.29, 0.717) is 11.1 Å². The van der Waals surface area contributed by atoms with E-state index in [-0.39, 0.29) is 22.3 Å². The number of hydrogen-bond donors (Lipinski definition) is 1. The van der Waals surface area contributed by atoms with Gasteiger partial charge in [-0.15, -0.1) is 0 Å². The normalized spacial score (nSPS) is 10.7. The number of hydrogen-bond acceptors (Lipinski definition) is 7. The lowest BCUT2D eigenvalue weighted by Crippen LogP contribution is -2.03. The number of benzene rings is 2. The molecule has 7 heteroatoms. The first-order valence-corrected chi connectivity index (χ1v) is 9.55. The summed E-state index contributed by atoms with van der Waals surface area (Å²) in [6.07, 6.45) is 0. The van der Waals surface area contributed by atoms with Gasteiger partial charge in [0, 0.05) is 34.5 Å². The van der Waals surface area contributed by atoms with Gasteiger partial charge in [-0.1, -0.05) is 23.9 Å². The molecule has 2 aromatic carbocycles. The maximum absolute atomic E-state index is 12.0. The molecule has 1 N–H and O–H groups in total. The van der Waals surface area contributed by atoms with Crippen LogP contribution in [0.15, 0.2) is 68.7 Å². The Balaban J connectivity index is 1.62. The number of rotatable bonds is 6. The minimum atomic E-state index is -0.371. The third-order valence-corrected chi connectivity index (χ3v) is 5.15. The fourth-order valence-corrected chi connectivity index (χ4v) is 3.35. The lowest BCUT2D eigenvalue weighted by atomic mass is 10.1. The molecule has 1 aromatic heterocycles. The molecule has 0 spiro atoms. The smallest absolute Gasteiger partial charge is 0.336 e. The molecule has 1 heterocycles. The van der Waals surface area contributed by atoms with Crippen LogP contribution in [0.5, 0.6) is 0 Å². The predicted molar refractivity (Wildman–Crippen MR) is 106 cm³/mol. The monoisotopic (exact) mass is 385 g/mol. The number of thioether (sulfide) groups is 1. The van der Waals surface area contributed by atoms with Gasteiger partial charge in [-0.05, 0) is 48.3 Å². The lowest BCUT2D eigenvalue weighted by molar-refractivity contribution is -0.109. The number of nitrogens with one attached hydrogen (secondary N) is 1. The van der Waals surface area contributed by atoms with E-state index in [2.05, 4.69) is 4.72 Å². The summed E-state index contributed by atoms with van der Waals surface area (Å²) < 4.78 is 8.32. The molecule has 0 atom stereocenters. The Hall–Kier alpha value is -2.51. The van der Waals surface area contributed by atoms with Gasteiger partial charge in [0.15, 0.2) is 10.9 Å². The van der Waals surface area contributed by atoms with E-state index >= 15 is 0 Å². The number of fused-ring (bicyclic) bond motifs is 1. The zero-order valence-corrected chi connectivity index (χ0v) is 15.5. The van der Waals surface area contributed by atoms with Gasteiger partial charge in [0.2, 0.25) is 0 Å². The Bertz CT molecular complexity index is 1010. The zero-order valence-electron chi connectivity index (χ0n) is 13.9. The van der Waals surface area contributed by atoms with Crippen molar-refractivity contribution in [3.63, 3.8) is 0 Å². The topological polar surface area (TPSA) is 76.4 Å². The predicted octanol–water partition coefficient (Wildman–Crippen LogP) is 4.37. The highest BCUT2D eigenvalue weighted by atomic mass is 32.2. The van der Waals surface area contributed by atoms with Gasteiger partial charge in [0.05, 0.1) is 5.75 Å². The molecule has 3 aromatic rings. The van der Waals surface area contributed by atoms with Crippen LogP contribution in [0, 0.1) is 0 Å². The average Bonchev–Trinajstić information content (AvgIpc) is 2.64. The molecular formula is C19H15NO4S2. The Morgan fingerprint density at radius 3 is 2.54 bits per heavy atom. The van der Waals surface area contributed by atoms with Crippen LogP contribution in [0.1, 0.15) is 17.3 Å². The molecule has 132 valence electrons. The van der Waals surface area contributed by atoms with Crippen molar-refractivity contribution in [2.75, 3.05) is 10.5 Å². The van der Waals surface area contributed by atoms with Crippen LogP contribution in [0.2, 0.25) is 0 Å². The third-order valence-electron chi connectivity index (χ3n) is 3.49. The largest absolute Gasteiger partial charge is 0.423 e. The van der Waals surface area contributed by atoms with Crippen molar-refractivity contribution in [3.8, 4) is 0 Å². The van der Waals surface area contributed by atoms with Crippen LogP contribution in [-0.2, 0) is 4.79 Å². The Morgan fingerprint density at radius 1 is 1.04 bits per heavy atom. The van der Waals surface area contributed by atoms with E-state index < -0.39 is 0 Å². The van der Waals surface area contributed by atoms with Gasteiger partial charge >= 0.3 is 5.63 Å². The SMILES string of the molecule is CC(=O)SCC(=O)c1ccc(SNc2ccc3oc(=O)ccc3c2)cc1. The lowest BCUT2D eigenvalue weighted by Gasteiger charge is -2.07. The van der Waals surface area contributed by atoms with E-state index in [1.807, 2.05) is 24.3 Å². The highest BCUT2D eigenvalue weighted by Gasteiger charge is 2.08. The minimum absolute atomic E-state index is 0.0641. The number of ketones is 1.